The van der Waals surface area contributed by atoms with Crippen LogP contribution in [0, 0.1) is 17.0 Å². The highest BCUT2D eigenvalue weighted by atomic mass is 32.2. The highest BCUT2D eigenvalue weighted by molar-refractivity contribution is 8.01. The molecule has 0 unspecified atom stereocenters. The van der Waals surface area contributed by atoms with Gasteiger partial charge in [-0.25, -0.2) is 9.97 Å². The maximum Gasteiger partial charge on any atom is 0.284 e. The van der Waals surface area contributed by atoms with Crippen LogP contribution in [0.5, 0.6) is 0 Å². The summed E-state index contributed by atoms with van der Waals surface area (Å²) in [6, 6.07) is 4.48. The molecule has 0 fully saturated rings. The minimum atomic E-state index is -0.477. The Kier molecular flexibility index (Phi) is 6.42. The van der Waals surface area contributed by atoms with Gasteiger partial charge in [-0.3, -0.25) is 14.9 Å². The van der Waals surface area contributed by atoms with Crippen LogP contribution < -0.4 is 5.32 Å². The maximum atomic E-state index is 12.4. The van der Waals surface area contributed by atoms with Crippen molar-refractivity contribution >= 4 is 46.0 Å². The smallest absolute Gasteiger partial charge is 0.284 e. The highest BCUT2D eigenvalue weighted by Crippen LogP contribution is 2.36. The number of rotatable bonds is 7. The van der Waals surface area contributed by atoms with Crippen molar-refractivity contribution in [2.45, 2.75) is 42.5 Å². The number of aryl methyl sites for hydroxylation is 1. The second-order valence-electron chi connectivity index (χ2n) is 6.31. The normalized spacial score (nSPS) is 11.0. The first-order chi connectivity index (χ1) is 13.3. The molecule has 0 aliphatic carbocycles. The Bertz CT molecular complexity index is 1010. The third-order valence-corrected chi connectivity index (χ3v) is 7.02. The van der Waals surface area contributed by atoms with E-state index in [1.54, 1.807) is 23.5 Å². The number of thiazole rings is 2. The number of hydrogen-bond acceptors (Lipinski definition) is 8. The van der Waals surface area contributed by atoms with Gasteiger partial charge in [0.25, 0.3) is 11.6 Å². The van der Waals surface area contributed by atoms with Crippen LogP contribution in [-0.2, 0) is 6.54 Å². The Hall–Kier alpha value is -2.30. The molecule has 3 rings (SSSR count). The number of hydrogen-bond donors (Lipinski definition) is 1. The standard InChI is InChI=1S/C18H18N4O3S3/c1-10(2)17-21-13(9-26-17)7-19-16(23)12-4-5-15(14(6-12)22(24)25)28-18-20-11(3)8-27-18/h4-6,8-10H,7H2,1-3H3,(H,19,23). The zero-order valence-electron chi connectivity index (χ0n) is 15.5. The van der Waals surface area contributed by atoms with Gasteiger partial charge < -0.3 is 5.32 Å². The average Bonchev–Trinajstić information content (AvgIpc) is 3.29. The first kappa shape index (κ1) is 20.4. The van der Waals surface area contributed by atoms with Crippen LogP contribution in [0.25, 0.3) is 0 Å². The molecule has 1 amide bonds. The zero-order chi connectivity index (χ0) is 20.3. The van der Waals surface area contributed by atoms with Crippen LogP contribution in [0.3, 0.4) is 0 Å². The summed E-state index contributed by atoms with van der Waals surface area (Å²) in [5.41, 5.74) is 1.78. The van der Waals surface area contributed by atoms with Gasteiger partial charge in [-0.15, -0.1) is 22.7 Å². The number of carbonyl (C=O) groups is 1. The molecule has 0 radical (unpaired) electrons. The fourth-order valence-electron chi connectivity index (χ4n) is 2.30. The van der Waals surface area contributed by atoms with E-state index >= 15 is 0 Å². The Morgan fingerprint density at radius 2 is 2.07 bits per heavy atom. The highest BCUT2D eigenvalue weighted by Gasteiger charge is 2.19. The van der Waals surface area contributed by atoms with Crippen LogP contribution >= 0.6 is 34.4 Å². The van der Waals surface area contributed by atoms with Crippen LogP contribution in [0.15, 0.2) is 38.2 Å². The number of carbonyl (C=O) groups excluding carboxylic acids is 1. The monoisotopic (exact) mass is 434 g/mol. The largest absolute Gasteiger partial charge is 0.346 e. The first-order valence-corrected chi connectivity index (χ1v) is 11.0. The predicted molar refractivity (Wildman–Crippen MR) is 111 cm³/mol. The summed E-state index contributed by atoms with van der Waals surface area (Å²) in [6.07, 6.45) is 0. The summed E-state index contributed by atoms with van der Waals surface area (Å²) in [4.78, 5) is 32.7. The molecule has 0 saturated heterocycles. The number of nitrogens with zero attached hydrogens (tertiary/aromatic N) is 3. The quantitative estimate of drug-likeness (QED) is 0.414. The van der Waals surface area contributed by atoms with Gasteiger partial charge >= 0.3 is 0 Å². The lowest BCUT2D eigenvalue weighted by Gasteiger charge is -2.06. The van der Waals surface area contributed by atoms with Gasteiger partial charge in [0, 0.05) is 34.0 Å². The Morgan fingerprint density at radius 1 is 1.29 bits per heavy atom. The third kappa shape index (κ3) is 4.94. The average molecular weight is 435 g/mol. The lowest BCUT2D eigenvalue weighted by Crippen LogP contribution is -2.23. The molecule has 0 atom stereocenters. The van der Waals surface area contributed by atoms with E-state index in [9.17, 15) is 14.9 Å². The van der Waals surface area contributed by atoms with Crippen LogP contribution in [0.4, 0.5) is 5.69 Å². The molecular weight excluding hydrogens is 416 g/mol. The van der Waals surface area contributed by atoms with E-state index in [0.717, 1.165) is 20.7 Å². The number of nitro groups is 1. The summed E-state index contributed by atoms with van der Waals surface area (Å²) in [7, 11) is 0. The molecular formula is C18H18N4O3S3. The lowest BCUT2D eigenvalue weighted by molar-refractivity contribution is -0.387. The molecule has 2 aromatic heterocycles. The summed E-state index contributed by atoms with van der Waals surface area (Å²) < 4.78 is 0.724. The maximum absolute atomic E-state index is 12.4. The molecule has 1 N–H and O–H groups in total. The lowest BCUT2D eigenvalue weighted by atomic mass is 10.2. The van der Waals surface area contributed by atoms with Crippen LogP contribution in [0.2, 0.25) is 0 Å². The Labute approximate surface area is 174 Å². The molecule has 0 aliphatic rings. The van der Waals surface area contributed by atoms with Crippen molar-refractivity contribution in [1.82, 2.24) is 15.3 Å². The van der Waals surface area contributed by atoms with Crippen LogP contribution in [-0.4, -0.2) is 20.8 Å². The minimum absolute atomic E-state index is 0.110. The van der Waals surface area contributed by atoms with Crippen molar-refractivity contribution in [2.24, 2.45) is 0 Å². The van der Waals surface area contributed by atoms with E-state index in [0.29, 0.717) is 10.8 Å². The van der Waals surface area contributed by atoms with Gasteiger partial charge in [0.15, 0.2) is 4.34 Å². The molecule has 28 heavy (non-hydrogen) atoms. The van der Waals surface area contributed by atoms with Crippen molar-refractivity contribution in [3.8, 4) is 0 Å². The minimum Gasteiger partial charge on any atom is -0.346 e. The van der Waals surface area contributed by atoms with Crippen molar-refractivity contribution in [2.75, 3.05) is 0 Å². The summed E-state index contributed by atoms with van der Waals surface area (Å²) in [6.45, 7) is 6.28. The third-order valence-electron chi connectivity index (χ3n) is 3.71. The fraction of sp³-hybridized carbons (Fsp3) is 0.278. The zero-order valence-corrected chi connectivity index (χ0v) is 17.9. The molecule has 3 aromatic rings. The van der Waals surface area contributed by atoms with Crippen molar-refractivity contribution < 1.29 is 9.72 Å². The number of amides is 1. The molecule has 2 heterocycles. The van der Waals surface area contributed by atoms with E-state index in [-0.39, 0.29) is 23.7 Å². The second kappa shape index (κ2) is 8.80. The molecule has 1 aromatic carbocycles. The Morgan fingerprint density at radius 3 is 2.68 bits per heavy atom. The number of aromatic nitrogens is 2. The number of benzene rings is 1. The predicted octanol–water partition coefficient (Wildman–Crippen LogP) is 5.02. The van der Waals surface area contributed by atoms with Gasteiger partial charge in [0.05, 0.1) is 27.1 Å². The molecule has 0 bridgehead atoms. The van der Waals surface area contributed by atoms with Crippen molar-refractivity contribution in [3.05, 3.63) is 61.0 Å². The molecule has 10 heteroatoms. The van der Waals surface area contributed by atoms with Gasteiger partial charge in [-0.1, -0.05) is 25.6 Å². The molecule has 0 spiro atoms. The topological polar surface area (TPSA) is 98.0 Å². The van der Waals surface area contributed by atoms with E-state index in [1.807, 2.05) is 17.7 Å². The fourth-order valence-corrected chi connectivity index (χ4v) is 5.02. The summed E-state index contributed by atoms with van der Waals surface area (Å²) in [5, 5.41) is 19.1. The number of nitro benzene ring substituents is 1. The van der Waals surface area contributed by atoms with Gasteiger partial charge in [-0.2, -0.15) is 0 Å². The van der Waals surface area contributed by atoms with E-state index < -0.39 is 4.92 Å². The second-order valence-corrected chi connectivity index (χ2v) is 9.35. The Balaban J connectivity index is 1.73. The summed E-state index contributed by atoms with van der Waals surface area (Å²) in [5.74, 6) is -0.0346. The molecule has 7 nitrogen and oxygen atoms in total. The van der Waals surface area contributed by atoms with Crippen molar-refractivity contribution in [1.29, 1.82) is 0 Å². The molecule has 0 aliphatic heterocycles. The number of nitrogens with one attached hydrogen (secondary N) is 1. The van der Waals surface area contributed by atoms with Crippen LogP contribution in [0.1, 0.15) is 46.5 Å². The van der Waals surface area contributed by atoms with Gasteiger partial charge in [0.2, 0.25) is 0 Å². The molecule has 0 saturated carbocycles. The van der Waals surface area contributed by atoms with E-state index in [2.05, 4.69) is 29.1 Å². The first-order valence-electron chi connectivity index (χ1n) is 8.44. The van der Waals surface area contributed by atoms with E-state index in [4.69, 9.17) is 0 Å². The van der Waals surface area contributed by atoms with Crippen molar-refractivity contribution in [3.63, 3.8) is 0 Å². The van der Waals surface area contributed by atoms with E-state index in [1.165, 1.54) is 29.2 Å². The molecule has 146 valence electrons. The summed E-state index contributed by atoms with van der Waals surface area (Å²) >= 11 is 4.21. The van der Waals surface area contributed by atoms with Gasteiger partial charge in [-0.05, 0) is 19.1 Å². The SMILES string of the molecule is Cc1csc(Sc2ccc(C(=O)NCc3csc(C(C)C)n3)cc2[N+](=O)[O-])n1. The van der Waals surface area contributed by atoms with Gasteiger partial charge in [0.1, 0.15) is 0 Å².